The lowest BCUT2D eigenvalue weighted by molar-refractivity contribution is -0.384. The maximum absolute atomic E-state index is 12.0. The summed E-state index contributed by atoms with van der Waals surface area (Å²) in [6.45, 7) is 6.60. The highest BCUT2D eigenvalue weighted by Crippen LogP contribution is 2.26. The number of aromatic nitrogens is 1. The number of halogens is 1. The van der Waals surface area contributed by atoms with Crippen molar-refractivity contribution in [2.75, 3.05) is 18.4 Å². The number of hydrogen-bond donors (Lipinski definition) is 1. The lowest BCUT2D eigenvalue weighted by atomic mass is 10.1. The Balaban J connectivity index is 1.94. The monoisotopic (exact) mass is 448 g/mol. The Labute approximate surface area is 154 Å². The minimum absolute atomic E-state index is 0.0310. The maximum atomic E-state index is 12.0. The number of pyridine rings is 1. The molecule has 1 amide bonds. The van der Waals surface area contributed by atoms with Gasteiger partial charge < -0.3 is 15.0 Å². The molecule has 2 heterocycles. The largest absolute Gasteiger partial charge is 0.444 e. The van der Waals surface area contributed by atoms with Crippen LogP contribution in [-0.2, 0) is 4.74 Å². The summed E-state index contributed by atoms with van der Waals surface area (Å²) in [4.78, 5) is 28.5. The first-order valence-corrected chi connectivity index (χ1v) is 8.78. The average molecular weight is 448 g/mol. The molecule has 8 nitrogen and oxygen atoms in total. The Kier molecular flexibility index (Phi) is 5.83. The fourth-order valence-corrected chi connectivity index (χ4v) is 2.84. The summed E-state index contributed by atoms with van der Waals surface area (Å²) >= 11 is 1.99. The maximum Gasteiger partial charge on any atom is 0.410 e. The summed E-state index contributed by atoms with van der Waals surface area (Å²) in [6, 6.07) is 1.53. The molecule has 0 aromatic carbocycles. The first kappa shape index (κ1) is 18.7. The third kappa shape index (κ3) is 5.18. The van der Waals surface area contributed by atoms with Crippen LogP contribution >= 0.6 is 22.6 Å². The van der Waals surface area contributed by atoms with E-state index in [-0.39, 0.29) is 23.6 Å². The number of ether oxygens (including phenoxy) is 1. The van der Waals surface area contributed by atoms with E-state index in [1.54, 1.807) is 11.1 Å². The van der Waals surface area contributed by atoms with Crippen LogP contribution in [0, 0.1) is 13.7 Å². The summed E-state index contributed by atoms with van der Waals surface area (Å²) in [5.41, 5.74) is -0.547. The zero-order valence-electron chi connectivity index (χ0n) is 13.9. The van der Waals surface area contributed by atoms with E-state index in [1.165, 1.54) is 6.07 Å². The second kappa shape index (κ2) is 7.49. The Hall–Kier alpha value is -1.65. The minimum Gasteiger partial charge on any atom is -0.444 e. The molecule has 0 unspecified atom stereocenters. The van der Waals surface area contributed by atoms with Gasteiger partial charge in [-0.2, -0.15) is 0 Å². The summed E-state index contributed by atoms with van der Waals surface area (Å²) in [5.74, 6) is 0.274. The molecule has 24 heavy (non-hydrogen) atoms. The molecule has 0 atom stereocenters. The van der Waals surface area contributed by atoms with Crippen molar-refractivity contribution in [2.45, 2.75) is 45.3 Å². The number of nitrogens with one attached hydrogen (secondary N) is 1. The normalized spacial score (nSPS) is 15.9. The molecule has 1 fully saturated rings. The highest BCUT2D eigenvalue weighted by Gasteiger charge is 2.28. The van der Waals surface area contributed by atoms with Crippen molar-refractivity contribution in [3.63, 3.8) is 0 Å². The van der Waals surface area contributed by atoms with Crippen molar-refractivity contribution in [1.82, 2.24) is 9.88 Å². The first-order chi connectivity index (χ1) is 11.2. The molecule has 9 heteroatoms. The Morgan fingerprint density at radius 1 is 1.46 bits per heavy atom. The van der Waals surface area contributed by atoms with Crippen LogP contribution in [0.2, 0.25) is 0 Å². The van der Waals surface area contributed by atoms with Gasteiger partial charge in [0.25, 0.3) is 0 Å². The summed E-state index contributed by atoms with van der Waals surface area (Å²) < 4.78 is 6.07. The molecule has 132 valence electrons. The second-order valence-corrected chi connectivity index (χ2v) is 7.91. The number of anilines is 1. The van der Waals surface area contributed by atoms with Crippen LogP contribution in [0.3, 0.4) is 0 Å². The Morgan fingerprint density at radius 3 is 2.62 bits per heavy atom. The van der Waals surface area contributed by atoms with Crippen molar-refractivity contribution < 1.29 is 14.5 Å². The third-order valence-corrected chi connectivity index (χ3v) is 4.11. The van der Waals surface area contributed by atoms with Gasteiger partial charge in [0, 0.05) is 35.0 Å². The third-order valence-electron chi connectivity index (χ3n) is 3.52. The highest BCUT2D eigenvalue weighted by molar-refractivity contribution is 14.1. The van der Waals surface area contributed by atoms with Gasteiger partial charge >= 0.3 is 11.8 Å². The Bertz CT molecular complexity index is 624. The smallest absolute Gasteiger partial charge is 0.410 e. The predicted molar refractivity (Wildman–Crippen MR) is 98.1 cm³/mol. The Morgan fingerprint density at radius 2 is 2.08 bits per heavy atom. The average Bonchev–Trinajstić information content (AvgIpc) is 2.48. The van der Waals surface area contributed by atoms with E-state index in [1.807, 2.05) is 43.4 Å². The number of amides is 1. The van der Waals surface area contributed by atoms with E-state index in [9.17, 15) is 14.9 Å². The molecule has 1 aromatic heterocycles. The number of piperidine rings is 1. The summed E-state index contributed by atoms with van der Waals surface area (Å²) in [5, 5.41) is 14.3. The number of likely N-dealkylation sites (tertiary alicyclic amines) is 1. The van der Waals surface area contributed by atoms with Crippen molar-refractivity contribution in [1.29, 1.82) is 0 Å². The molecule has 0 bridgehead atoms. The molecule has 1 N–H and O–H groups in total. The molecule has 1 aromatic rings. The van der Waals surface area contributed by atoms with Crippen molar-refractivity contribution in [3.8, 4) is 0 Å². The van der Waals surface area contributed by atoms with E-state index in [0.717, 1.165) is 0 Å². The van der Waals surface area contributed by atoms with Crippen molar-refractivity contribution in [3.05, 3.63) is 25.9 Å². The lowest BCUT2D eigenvalue weighted by Gasteiger charge is -2.33. The van der Waals surface area contributed by atoms with Gasteiger partial charge in [0.2, 0.25) is 5.82 Å². The number of hydrogen-bond acceptors (Lipinski definition) is 6. The summed E-state index contributed by atoms with van der Waals surface area (Å²) in [6.07, 6.45) is 2.64. The zero-order valence-corrected chi connectivity index (χ0v) is 16.1. The van der Waals surface area contributed by atoms with Crippen molar-refractivity contribution >= 4 is 40.2 Å². The number of carbonyl (C=O) groups excluding carboxylic acids is 1. The number of carbonyl (C=O) groups is 1. The van der Waals surface area contributed by atoms with Gasteiger partial charge in [-0.15, -0.1) is 0 Å². The van der Waals surface area contributed by atoms with Crippen LogP contribution in [0.1, 0.15) is 33.6 Å². The van der Waals surface area contributed by atoms with E-state index in [2.05, 4.69) is 10.3 Å². The van der Waals surface area contributed by atoms with Crippen LogP contribution in [0.15, 0.2) is 12.3 Å². The van der Waals surface area contributed by atoms with Gasteiger partial charge in [-0.05, 0) is 56.2 Å². The van der Waals surface area contributed by atoms with Gasteiger partial charge in [0.05, 0.1) is 4.92 Å². The fourth-order valence-electron chi connectivity index (χ4n) is 2.41. The topological polar surface area (TPSA) is 97.6 Å². The van der Waals surface area contributed by atoms with E-state index in [0.29, 0.717) is 29.5 Å². The SMILES string of the molecule is CC(C)(C)OC(=O)N1CCC(Nc2ncc(I)cc2[N+](=O)[O-])CC1. The van der Waals surface area contributed by atoms with Gasteiger partial charge in [-0.25, -0.2) is 9.78 Å². The molecule has 0 saturated carbocycles. The van der Waals surface area contributed by atoms with Gasteiger partial charge in [0.15, 0.2) is 0 Å². The van der Waals surface area contributed by atoms with Crippen LogP contribution in [-0.4, -0.2) is 45.6 Å². The standard InChI is InChI=1S/C15H21IN4O4/c1-15(2,3)24-14(21)19-6-4-11(5-7-19)18-13-12(20(22)23)8-10(16)9-17-13/h8-9,11H,4-7H2,1-3H3,(H,17,18). The molecular weight excluding hydrogens is 427 g/mol. The van der Waals surface area contributed by atoms with Crippen molar-refractivity contribution in [2.24, 2.45) is 0 Å². The van der Waals surface area contributed by atoms with Crippen LogP contribution in [0.5, 0.6) is 0 Å². The van der Waals surface area contributed by atoms with Crippen LogP contribution in [0.25, 0.3) is 0 Å². The first-order valence-electron chi connectivity index (χ1n) is 7.70. The molecule has 0 radical (unpaired) electrons. The van der Waals surface area contributed by atoms with E-state index < -0.39 is 10.5 Å². The molecule has 2 rings (SSSR count). The quantitative estimate of drug-likeness (QED) is 0.433. The number of nitro groups is 1. The van der Waals surface area contributed by atoms with Gasteiger partial charge in [-0.1, -0.05) is 0 Å². The summed E-state index contributed by atoms with van der Waals surface area (Å²) in [7, 11) is 0. The number of nitrogens with zero attached hydrogens (tertiary/aromatic N) is 3. The minimum atomic E-state index is -0.516. The lowest BCUT2D eigenvalue weighted by Crippen LogP contribution is -2.44. The molecule has 1 aliphatic rings. The molecule has 0 aliphatic carbocycles. The molecule has 0 spiro atoms. The van der Waals surface area contributed by atoms with Crippen LogP contribution < -0.4 is 5.32 Å². The fraction of sp³-hybridized carbons (Fsp3) is 0.600. The molecule has 1 aliphatic heterocycles. The van der Waals surface area contributed by atoms with Gasteiger partial charge in [-0.3, -0.25) is 10.1 Å². The zero-order chi connectivity index (χ0) is 17.9. The van der Waals surface area contributed by atoms with Gasteiger partial charge in [0.1, 0.15) is 5.60 Å². The predicted octanol–water partition coefficient (Wildman–Crippen LogP) is 3.41. The van der Waals surface area contributed by atoms with E-state index >= 15 is 0 Å². The molecular formula is C15H21IN4O4. The number of rotatable bonds is 3. The highest BCUT2D eigenvalue weighted by atomic mass is 127. The molecule has 1 saturated heterocycles. The second-order valence-electron chi connectivity index (χ2n) is 6.66. The van der Waals surface area contributed by atoms with Crippen LogP contribution in [0.4, 0.5) is 16.3 Å². The van der Waals surface area contributed by atoms with E-state index in [4.69, 9.17) is 4.74 Å².